The lowest BCUT2D eigenvalue weighted by atomic mass is 10.1. The first-order chi connectivity index (χ1) is 8.15. The summed E-state index contributed by atoms with van der Waals surface area (Å²) in [7, 11) is 3.43. The molecule has 0 spiro atoms. The maximum absolute atomic E-state index is 7.29. The summed E-state index contributed by atoms with van der Waals surface area (Å²) in [6.45, 7) is 4.09. The van der Waals surface area contributed by atoms with Crippen LogP contribution in [0.25, 0.3) is 0 Å². The maximum Gasteiger partial charge on any atom is 0.184 e. The monoisotopic (exact) mass is 236 g/mol. The second kappa shape index (κ2) is 6.13. The zero-order valence-electron chi connectivity index (χ0n) is 10.8. The molecule has 1 aromatic rings. The Kier molecular flexibility index (Phi) is 4.82. The Balaban J connectivity index is 3.19. The van der Waals surface area contributed by atoms with Crippen molar-refractivity contribution in [3.05, 3.63) is 17.7 Å². The van der Waals surface area contributed by atoms with E-state index in [1.54, 1.807) is 13.2 Å². The van der Waals surface area contributed by atoms with Crippen molar-refractivity contribution < 1.29 is 9.47 Å². The van der Waals surface area contributed by atoms with Gasteiger partial charge in [0.15, 0.2) is 11.5 Å². The Morgan fingerprint density at radius 1 is 1.47 bits per heavy atom. The van der Waals surface area contributed by atoms with Crippen molar-refractivity contribution in [1.29, 1.82) is 5.41 Å². The van der Waals surface area contributed by atoms with Gasteiger partial charge in [0.2, 0.25) is 0 Å². The average molecular weight is 236 g/mol. The molecule has 0 aliphatic carbocycles. The van der Waals surface area contributed by atoms with Crippen molar-refractivity contribution in [2.24, 2.45) is 0 Å². The van der Waals surface area contributed by atoms with Gasteiger partial charge < -0.3 is 20.2 Å². The number of anilines is 1. The van der Waals surface area contributed by atoms with Crippen molar-refractivity contribution in [1.82, 2.24) is 0 Å². The summed E-state index contributed by atoms with van der Waals surface area (Å²) in [6.07, 6.45) is 2.34. The van der Waals surface area contributed by atoms with Crippen LogP contribution in [0.3, 0.4) is 0 Å². The van der Waals surface area contributed by atoms with Crippen LogP contribution in [-0.2, 0) is 0 Å². The third kappa shape index (κ3) is 3.12. The fourth-order valence-corrected chi connectivity index (χ4v) is 1.45. The predicted molar refractivity (Wildman–Crippen MR) is 70.8 cm³/mol. The third-order valence-corrected chi connectivity index (χ3v) is 2.63. The van der Waals surface area contributed by atoms with Gasteiger partial charge in [0.05, 0.1) is 18.9 Å². The van der Waals surface area contributed by atoms with Crippen molar-refractivity contribution in [2.75, 3.05) is 19.5 Å². The molecule has 17 heavy (non-hydrogen) atoms. The molecule has 0 aromatic heterocycles. The second-order valence-electron chi connectivity index (χ2n) is 3.83. The summed E-state index contributed by atoms with van der Waals surface area (Å²) in [5, 5.41) is 10.4. The van der Waals surface area contributed by atoms with Crippen LogP contribution in [0.5, 0.6) is 11.5 Å². The Morgan fingerprint density at radius 3 is 2.65 bits per heavy atom. The van der Waals surface area contributed by atoms with Gasteiger partial charge in [-0.2, -0.15) is 0 Å². The van der Waals surface area contributed by atoms with Gasteiger partial charge in [-0.1, -0.05) is 6.92 Å². The van der Waals surface area contributed by atoms with E-state index in [0.29, 0.717) is 11.5 Å². The molecule has 0 aliphatic heterocycles. The average Bonchev–Trinajstić information content (AvgIpc) is 2.38. The van der Waals surface area contributed by atoms with Crippen molar-refractivity contribution >= 4 is 11.9 Å². The Labute approximate surface area is 102 Å². The zero-order valence-corrected chi connectivity index (χ0v) is 10.8. The molecule has 0 amide bonds. The molecule has 0 aliphatic rings. The highest BCUT2D eigenvalue weighted by Crippen LogP contribution is 2.37. The second-order valence-corrected chi connectivity index (χ2v) is 3.83. The van der Waals surface area contributed by atoms with Gasteiger partial charge in [0.1, 0.15) is 0 Å². The number of nitrogens with one attached hydrogen (secondary N) is 2. The molecule has 0 saturated heterocycles. The molecule has 1 aromatic carbocycles. The van der Waals surface area contributed by atoms with Gasteiger partial charge in [0, 0.05) is 13.3 Å². The van der Waals surface area contributed by atoms with Crippen molar-refractivity contribution in [3.8, 4) is 11.5 Å². The SMILES string of the molecule is CCC(C)Oc1c(NC)cc(C=N)cc1OC. The fraction of sp³-hybridized carbons (Fsp3) is 0.462. The van der Waals surface area contributed by atoms with E-state index in [1.165, 1.54) is 6.21 Å². The molecule has 0 fully saturated rings. The van der Waals surface area contributed by atoms with E-state index in [2.05, 4.69) is 12.2 Å². The van der Waals surface area contributed by atoms with E-state index in [1.807, 2.05) is 20.0 Å². The molecular weight excluding hydrogens is 216 g/mol. The molecule has 0 radical (unpaired) electrons. The first kappa shape index (κ1) is 13.4. The lowest BCUT2D eigenvalue weighted by Crippen LogP contribution is -2.12. The lowest BCUT2D eigenvalue weighted by Gasteiger charge is -2.19. The van der Waals surface area contributed by atoms with Crippen LogP contribution in [0.4, 0.5) is 5.69 Å². The van der Waals surface area contributed by atoms with Gasteiger partial charge >= 0.3 is 0 Å². The quantitative estimate of drug-likeness (QED) is 0.747. The van der Waals surface area contributed by atoms with Gasteiger partial charge in [0.25, 0.3) is 0 Å². The van der Waals surface area contributed by atoms with E-state index < -0.39 is 0 Å². The summed E-state index contributed by atoms with van der Waals surface area (Å²) in [5.41, 5.74) is 1.62. The summed E-state index contributed by atoms with van der Waals surface area (Å²) < 4.78 is 11.2. The van der Waals surface area contributed by atoms with Gasteiger partial charge in [-0.05, 0) is 31.0 Å². The molecule has 4 nitrogen and oxygen atoms in total. The number of methoxy groups -OCH3 is 1. The van der Waals surface area contributed by atoms with Crippen LogP contribution in [0.1, 0.15) is 25.8 Å². The molecule has 1 rings (SSSR count). The number of rotatable bonds is 6. The third-order valence-electron chi connectivity index (χ3n) is 2.63. The van der Waals surface area contributed by atoms with Crippen LogP contribution in [-0.4, -0.2) is 26.5 Å². The first-order valence-corrected chi connectivity index (χ1v) is 5.73. The zero-order chi connectivity index (χ0) is 12.8. The van der Waals surface area contributed by atoms with E-state index in [4.69, 9.17) is 14.9 Å². The largest absolute Gasteiger partial charge is 0.493 e. The number of ether oxygens (including phenoxy) is 2. The minimum Gasteiger partial charge on any atom is -0.493 e. The topological polar surface area (TPSA) is 54.3 Å². The standard InChI is InChI=1S/C13H20N2O2/c1-5-9(2)17-13-11(15-3)6-10(8-14)7-12(13)16-4/h6-9,14-15H,5H2,1-4H3. The number of hydrogen-bond donors (Lipinski definition) is 2. The Morgan fingerprint density at radius 2 is 2.18 bits per heavy atom. The first-order valence-electron chi connectivity index (χ1n) is 5.73. The number of benzene rings is 1. The summed E-state index contributed by atoms with van der Waals surface area (Å²) in [5.74, 6) is 1.35. The summed E-state index contributed by atoms with van der Waals surface area (Å²) in [6, 6.07) is 3.67. The maximum atomic E-state index is 7.29. The highest BCUT2D eigenvalue weighted by atomic mass is 16.5. The molecule has 1 atom stereocenters. The highest BCUT2D eigenvalue weighted by Gasteiger charge is 2.14. The van der Waals surface area contributed by atoms with Crippen LogP contribution in [0.15, 0.2) is 12.1 Å². The smallest absolute Gasteiger partial charge is 0.184 e. The lowest BCUT2D eigenvalue weighted by molar-refractivity contribution is 0.209. The molecule has 4 heteroatoms. The fourth-order valence-electron chi connectivity index (χ4n) is 1.45. The highest BCUT2D eigenvalue weighted by molar-refractivity contribution is 5.82. The normalized spacial score (nSPS) is 11.8. The van der Waals surface area contributed by atoms with Crippen molar-refractivity contribution in [2.45, 2.75) is 26.4 Å². The van der Waals surface area contributed by atoms with Crippen LogP contribution in [0.2, 0.25) is 0 Å². The Bertz CT molecular complexity index is 366. The van der Waals surface area contributed by atoms with Crippen LogP contribution >= 0.6 is 0 Å². The van der Waals surface area contributed by atoms with Gasteiger partial charge in [-0.25, -0.2) is 0 Å². The molecule has 0 heterocycles. The van der Waals surface area contributed by atoms with Crippen molar-refractivity contribution in [3.63, 3.8) is 0 Å². The minimum absolute atomic E-state index is 0.127. The minimum atomic E-state index is 0.127. The van der Waals surface area contributed by atoms with E-state index in [-0.39, 0.29) is 6.10 Å². The van der Waals surface area contributed by atoms with Gasteiger partial charge in [-0.3, -0.25) is 0 Å². The van der Waals surface area contributed by atoms with Crippen LogP contribution in [0, 0.1) is 5.41 Å². The summed E-state index contributed by atoms with van der Waals surface area (Å²) >= 11 is 0. The molecule has 94 valence electrons. The number of hydrogen-bond acceptors (Lipinski definition) is 4. The summed E-state index contributed by atoms with van der Waals surface area (Å²) in [4.78, 5) is 0. The van der Waals surface area contributed by atoms with Gasteiger partial charge in [-0.15, -0.1) is 0 Å². The molecule has 0 bridgehead atoms. The van der Waals surface area contributed by atoms with Crippen LogP contribution < -0.4 is 14.8 Å². The Hall–Kier alpha value is -1.71. The molecular formula is C13H20N2O2. The molecule has 0 saturated carbocycles. The predicted octanol–water partition coefficient (Wildman–Crippen LogP) is 2.91. The van der Waals surface area contributed by atoms with E-state index >= 15 is 0 Å². The molecule has 1 unspecified atom stereocenters. The molecule has 2 N–H and O–H groups in total. The van der Waals surface area contributed by atoms with E-state index in [9.17, 15) is 0 Å². The van der Waals surface area contributed by atoms with E-state index in [0.717, 1.165) is 17.7 Å².